The third kappa shape index (κ3) is 6.97. The lowest BCUT2D eigenvalue weighted by atomic mass is 9.91. The first kappa shape index (κ1) is 15.7. The number of carboxylic acid groups (broad SMARTS) is 1. The minimum absolute atomic E-state index is 0.833. The third-order valence-corrected chi connectivity index (χ3v) is 3.19. The van der Waals surface area contributed by atoms with Crippen LogP contribution in [0, 0.1) is 11.8 Å². The first-order valence-electron chi connectivity index (χ1n) is 6.93. The smallest absolute Gasteiger partial charge is 0.300 e. The SMILES string of the molecule is CC(=O)O.C[C@@H]1C[C@H](C)CN(Cc2ccccc2)C1. The molecule has 0 aliphatic carbocycles. The molecule has 3 nitrogen and oxygen atoms in total. The van der Waals surface area contributed by atoms with E-state index in [1.54, 1.807) is 0 Å². The second-order valence-corrected chi connectivity index (χ2v) is 5.64. The molecular weight excluding hydrogens is 238 g/mol. The van der Waals surface area contributed by atoms with Crippen LogP contribution in [0.5, 0.6) is 0 Å². The van der Waals surface area contributed by atoms with Crippen LogP contribution in [0.3, 0.4) is 0 Å². The van der Waals surface area contributed by atoms with Gasteiger partial charge in [0.1, 0.15) is 0 Å². The van der Waals surface area contributed by atoms with Crippen molar-refractivity contribution in [1.82, 2.24) is 4.90 Å². The minimum atomic E-state index is -0.833. The number of carboxylic acids is 1. The maximum atomic E-state index is 9.00. The van der Waals surface area contributed by atoms with E-state index in [0.29, 0.717) is 0 Å². The van der Waals surface area contributed by atoms with Crippen LogP contribution in [0.1, 0.15) is 32.8 Å². The van der Waals surface area contributed by atoms with Crippen LogP contribution in [0.15, 0.2) is 30.3 Å². The molecule has 0 aromatic heterocycles. The first-order chi connectivity index (χ1) is 8.97. The molecule has 19 heavy (non-hydrogen) atoms. The largest absolute Gasteiger partial charge is 0.481 e. The Hall–Kier alpha value is -1.35. The van der Waals surface area contributed by atoms with E-state index >= 15 is 0 Å². The lowest BCUT2D eigenvalue weighted by Gasteiger charge is -2.34. The van der Waals surface area contributed by atoms with Crippen LogP contribution in [-0.2, 0) is 11.3 Å². The molecule has 2 atom stereocenters. The molecule has 1 heterocycles. The van der Waals surface area contributed by atoms with Gasteiger partial charge in [-0.3, -0.25) is 9.69 Å². The summed E-state index contributed by atoms with van der Waals surface area (Å²) in [4.78, 5) is 11.6. The van der Waals surface area contributed by atoms with Gasteiger partial charge in [0, 0.05) is 26.6 Å². The van der Waals surface area contributed by atoms with Crippen LogP contribution >= 0.6 is 0 Å². The van der Waals surface area contributed by atoms with Crippen molar-refractivity contribution in [2.24, 2.45) is 11.8 Å². The van der Waals surface area contributed by atoms with E-state index in [-0.39, 0.29) is 0 Å². The van der Waals surface area contributed by atoms with Crippen molar-refractivity contribution >= 4 is 5.97 Å². The van der Waals surface area contributed by atoms with Gasteiger partial charge < -0.3 is 5.11 Å². The molecule has 0 spiro atoms. The summed E-state index contributed by atoms with van der Waals surface area (Å²) < 4.78 is 0. The van der Waals surface area contributed by atoms with E-state index in [2.05, 4.69) is 49.1 Å². The van der Waals surface area contributed by atoms with Gasteiger partial charge in [0.05, 0.1) is 0 Å². The predicted molar refractivity (Wildman–Crippen MR) is 78.0 cm³/mol. The van der Waals surface area contributed by atoms with Crippen LogP contribution < -0.4 is 0 Å². The normalized spacial score (nSPS) is 23.3. The lowest BCUT2D eigenvalue weighted by Crippen LogP contribution is -2.38. The highest BCUT2D eigenvalue weighted by Gasteiger charge is 2.21. The molecule has 1 aliphatic heterocycles. The Bertz CT molecular complexity index is 364. The molecule has 1 saturated heterocycles. The number of piperidine rings is 1. The maximum Gasteiger partial charge on any atom is 0.300 e. The molecule has 0 unspecified atom stereocenters. The zero-order valence-corrected chi connectivity index (χ0v) is 12.2. The second kappa shape index (κ2) is 7.95. The van der Waals surface area contributed by atoms with E-state index in [1.165, 1.54) is 25.1 Å². The Morgan fingerprint density at radius 1 is 1.21 bits per heavy atom. The Morgan fingerprint density at radius 2 is 1.68 bits per heavy atom. The Kier molecular flexibility index (Phi) is 6.57. The van der Waals surface area contributed by atoms with Gasteiger partial charge in [-0.05, 0) is 23.8 Å². The highest BCUT2D eigenvalue weighted by Crippen LogP contribution is 2.22. The molecule has 1 aliphatic rings. The third-order valence-electron chi connectivity index (χ3n) is 3.19. The summed E-state index contributed by atoms with van der Waals surface area (Å²) in [6.07, 6.45) is 1.39. The van der Waals surface area contributed by atoms with Gasteiger partial charge >= 0.3 is 0 Å². The fourth-order valence-electron chi connectivity index (χ4n) is 2.76. The quantitative estimate of drug-likeness (QED) is 0.890. The van der Waals surface area contributed by atoms with Crippen LogP contribution in [0.25, 0.3) is 0 Å². The summed E-state index contributed by atoms with van der Waals surface area (Å²) in [6.45, 7) is 9.47. The molecule has 0 radical (unpaired) electrons. The lowest BCUT2D eigenvalue weighted by molar-refractivity contribution is -0.134. The summed E-state index contributed by atoms with van der Waals surface area (Å²) in [5.74, 6) is 0.884. The Morgan fingerprint density at radius 3 is 2.16 bits per heavy atom. The van der Waals surface area contributed by atoms with Gasteiger partial charge in [-0.2, -0.15) is 0 Å². The summed E-state index contributed by atoms with van der Waals surface area (Å²) in [6, 6.07) is 10.8. The molecule has 1 aromatic rings. The van der Waals surface area contributed by atoms with E-state index < -0.39 is 5.97 Å². The molecule has 0 amide bonds. The number of hydrogen-bond donors (Lipinski definition) is 1. The standard InChI is InChI=1S/C14H21N.C2H4O2/c1-12-8-13(2)10-15(9-12)11-14-6-4-3-5-7-14;1-2(3)4/h3-7,12-13H,8-11H2,1-2H3;1H3,(H,3,4)/t12-,13+;. The molecule has 1 fully saturated rings. The molecule has 0 saturated carbocycles. The van der Waals surface area contributed by atoms with Crippen molar-refractivity contribution in [2.75, 3.05) is 13.1 Å². The van der Waals surface area contributed by atoms with E-state index in [1.807, 2.05) is 0 Å². The maximum absolute atomic E-state index is 9.00. The van der Waals surface area contributed by atoms with Gasteiger partial charge in [-0.1, -0.05) is 44.2 Å². The molecule has 106 valence electrons. The highest BCUT2D eigenvalue weighted by atomic mass is 16.4. The van der Waals surface area contributed by atoms with E-state index in [9.17, 15) is 0 Å². The number of carbonyl (C=O) groups is 1. The summed E-state index contributed by atoms with van der Waals surface area (Å²) in [5.41, 5.74) is 1.44. The van der Waals surface area contributed by atoms with Crippen molar-refractivity contribution in [1.29, 1.82) is 0 Å². The second-order valence-electron chi connectivity index (χ2n) is 5.64. The summed E-state index contributed by atoms with van der Waals surface area (Å²) in [7, 11) is 0. The van der Waals surface area contributed by atoms with Gasteiger partial charge in [-0.15, -0.1) is 0 Å². The average molecular weight is 263 g/mol. The van der Waals surface area contributed by atoms with Gasteiger partial charge in [0.2, 0.25) is 0 Å². The van der Waals surface area contributed by atoms with Gasteiger partial charge in [-0.25, -0.2) is 0 Å². The molecule has 2 rings (SSSR count). The number of likely N-dealkylation sites (tertiary alicyclic amines) is 1. The number of rotatable bonds is 2. The van der Waals surface area contributed by atoms with Crippen LogP contribution in [0.4, 0.5) is 0 Å². The van der Waals surface area contributed by atoms with Crippen LogP contribution in [-0.4, -0.2) is 29.1 Å². The number of aliphatic carboxylic acids is 1. The van der Waals surface area contributed by atoms with Gasteiger partial charge in [0.15, 0.2) is 0 Å². The van der Waals surface area contributed by atoms with E-state index in [4.69, 9.17) is 9.90 Å². The van der Waals surface area contributed by atoms with Crippen molar-refractivity contribution in [3.8, 4) is 0 Å². The Labute approximate surface area is 116 Å². The van der Waals surface area contributed by atoms with Crippen molar-refractivity contribution in [3.63, 3.8) is 0 Å². The van der Waals surface area contributed by atoms with Gasteiger partial charge in [0.25, 0.3) is 5.97 Å². The number of hydrogen-bond acceptors (Lipinski definition) is 2. The zero-order valence-electron chi connectivity index (χ0n) is 12.2. The van der Waals surface area contributed by atoms with E-state index in [0.717, 1.165) is 25.3 Å². The molecule has 0 bridgehead atoms. The Balaban J connectivity index is 0.000000399. The first-order valence-corrected chi connectivity index (χ1v) is 6.93. The van der Waals surface area contributed by atoms with Crippen molar-refractivity contribution in [3.05, 3.63) is 35.9 Å². The zero-order chi connectivity index (χ0) is 14.3. The van der Waals surface area contributed by atoms with Crippen molar-refractivity contribution < 1.29 is 9.90 Å². The molecule has 1 aromatic carbocycles. The highest BCUT2D eigenvalue weighted by molar-refractivity contribution is 5.62. The average Bonchev–Trinajstić information content (AvgIpc) is 2.28. The molecule has 3 heteroatoms. The predicted octanol–water partition coefficient (Wildman–Crippen LogP) is 3.26. The summed E-state index contributed by atoms with van der Waals surface area (Å²) >= 11 is 0. The number of benzene rings is 1. The monoisotopic (exact) mass is 263 g/mol. The minimum Gasteiger partial charge on any atom is -0.481 e. The fourth-order valence-corrected chi connectivity index (χ4v) is 2.76. The fraction of sp³-hybridized carbons (Fsp3) is 0.562. The van der Waals surface area contributed by atoms with Crippen molar-refractivity contribution in [2.45, 2.75) is 33.7 Å². The summed E-state index contributed by atoms with van der Waals surface area (Å²) in [5, 5.41) is 7.42. The molecular formula is C16H25NO2. The van der Waals surface area contributed by atoms with Crippen LogP contribution in [0.2, 0.25) is 0 Å². The molecule has 1 N–H and O–H groups in total. The topological polar surface area (TPSA) is 40.5 Å². The number of nitrogens with zero attached hydrogens (tertiary/aromatic N) is 1.